The van der Waals surface area contributed by atoms with Crippen LogP contribution in [-0.2, 0) is 38.1 Å². The van der Waals surface area contributed by atoms with Crippen molar-refractivity contribution in [2.24, 2.45) is 0 Å². The number of ether oxygens (including phenoxy) is 1. The van der Waals surface area contributed by atoms with Crippen LogP contribution in [0.25, 0.3) is 0 Å². The molecule has 0 bridgehead atoms. The van der Waals surface area contributed by atoms with Gasteiger partial charge in [-0.3, -0.25) is 18.9 Å². The number of aromatic nitrogens is 2. The van der Waals surface area contributed by atoms with E-state index in [0.717, 1.165) is 10.8 Å². The summed E-state index contributed by atoms with van der Waals surface area (Å²) in [5.74, 6) is 2.15. The smallest absolute Gasteiger partial charge is 0.387 e. The number of phosphoric ester groups is 1. The molecule has 1 aromatic rings. The fraction of sp³-hybridized carbons (Fsp3) is 0.500. The Morgan fingerprint density at radius 1 is 1.09 bits per heavy atom. The minimum Gasteiger partial charge on any atom is -0.387 e. The molecule has 1 saturated heterocycles. The first-order chi connectivity index (χ1) is 14.6. The van der Waals surface area contributed by atoms with Gasteiger partial charge >= 0.3 is 29.2 Å². The molecular formula is C12H17N2O15P3. The maximum Gasteiger partial charge on any atom is 0.490 e. The Hall–Kier alpha value is -1.47. The summed E-state index contributed by atoms with van der Waals surface area (Å²) in [6, 6.07) is 0. The number of aliphatic hydroxyl groups excluding tert-OH is 2. The van der Waals surface area contributed by atoms with Gasteiger partial charge in [0.1, 0.15) is 24.4 Å². The number of aliphatic hydroxyl groups is 2. The molecule has 32 heavy (non-hydrogen) atoms. The van der Waals surface area contributed by atoms with Crippen LogP contribution in [0.4, 0.5) is 0 Å². The highest BCUT2D eigenvalue weighted by molar-refractivity contribution is 7.66. The van der Waals surface area contributed by atoms with Crippen molar-refractivity contribution in [1.82, 2.24) is 9.55 Å². The number of hydrogen-bond acceptors (Lipinski definition) is 11. The van der Waals surface area contributed by atoms with Crippen LogP contribution in [0.1, 0.15) is 11.7 Å². The lowest BCUT2D eigenvalue weighted by molar-refractivity contribution is -0.0228. The molecule has 1 fully saturated rings. The van der Waals surface area contributed by atoms with Gasteiger partial charge in [-0.1, -0.05) is 5.92 Å². The third-order valence-electron chi connectivity index (χ3n) is 3.79. The Bertz CT molecular complexity index is 1150. The van der Waals surface area contributed by atoms with Gasteiger partial charge in [-0.25, -0.2) is 18.5 Å². The Labute approximate surface area is 177 Å². The van der Waals surface area contributed by atoms with Crippen LogP contribution >= 0.6 is 23.5 Å². The Kier molecular flexibility index (Phi) is 8.20. The van der Waals surface area contributed by atoms with Gasteiger partial charge in [-0.2, -0.15) is 8.62 Å². The van der Waals surface area contributed by atoms with Gasteiger partial charge in [0.2, 0.25) is 0 Å². The van der Waals surface area contributed by atoms with Crippen molar-refractivity contribution in [3.8, 4) is 12.3 Å². The number of aromatic amines is 1. The molecule has 2 rings (SSSR count). The monoisotopic (exact) mass is 522 g/mol. The summed E-state index contributed by atoms with van der Waals surface area (Å²) in [6.07, 6.45) is -0.674. The van der Waals surface area contributed by atoms with Crippen molar-refractivity contribution in [3.63, 3.8) is 0 Å². The second-order valence-electron chi connectivity index (χ2n) is 6.14. The van der Waals surface area contributed by atoms with Gasteiger partial charge < -0.3 is 34.5 Å². The molecule has 0 radical (unpaired) electrons. The summed E-state index contributed by atoms with van der Waals surface area (Å²) >= 11 is 0. The lowest BCUT2D eigenvalue weighted by Gasteiger charge is -2.19. The van der Waals surface area contributed by atoms with Gasteiger partial charge in [-0.05, 0) is 0 Å². The number of phosphoric acid groups is 3. The zero-order valence-electron chi connectivity index (χ0n) is 15.5. The Morgan fingerprint density at radius 2 is 1.72 bits per heavy atom. The molecule has 1 aliphatic rings. The maximum absolute atomic E-state index is 12.1. The number of hydrogen-bond donors (Lipinski definition) is 7. The highest BCUT2D eigenvalue weighted by atomic mass is 31.3. The summed E-state index contributed by atoms with van der Waals surface area (Å²) in [5.41, 5.74) is -2.16. The van der Waals surface area contributed by atoms with Gasteiger partial charge in [0, 0.05) is 6.20 Å². The standard InChI is InChI=1S/C12H17N2O15P3/c1-2-3-14-4-6(11(17)13-12(14)18)10-9(16)8(15)7(27-10)5-26-31(22,23)29-32(24,25)28-30(19,20)21/h1,4,7-10,15-16H,3,5H2,(H,22,23)(H,24,25)(H,13,17,18)(H2,19,20,21)/t7-,8-,9-,10+/m1/s1. The molecule has 0 spiro atoms. The van der Waals surface area contributed by atoms with Crippen LogP contribution in [-0.4, -0.2) is 64.3 Å². The van der Waals surface area contributed by atoms with Crippen LogP contribution in [0.2, 0.25) is 0 Å². The van der Waals surface area contributed by atoms with Gasteiger partial charge in [0.05, 0.1) is 18.7 Å². The van der Waals surface area contributed by atoms with Crippen molar-refractivity contribution < 1.29 is 61.4 Å². The highest BCUT2D eigenvalue weighted by Gasteiger charge is 2.47. The fourth-order valence-electron chi connectivity index (χ4n) is 2.56. The molecule has 0 saturated carbocycles. The van der Waals surface area contributed by atoms with Crippen molar-refractivity contribution in [2.45, 2.75) is 31.0 Å². The number of nitrogens with one attached hydrogen (secondary N) is 1. The third-order valence-corrected chi connectivity index (χ3v) is 7.59. The molecule has 1 aromatic heterocycles. The molecule has 6 atom stereocenters. The van der Waals surface area contributed by atoms with Crippen molar-refractivity contribution >= 4 is 23.5 Å². The van der Waals surface area contributed by atoms with Crippen molar-refractivity contribution in [2.75, 3.05) is 6.61 Å². The molecule has 2 unspecified atom stereocenters. The molecule has 20 heteroatoms. The molecule has 0 amide bonds. The van der Waals surface area contributed by atoms with E-state index >= 15 is 0 Å². The Balaban J connectivity index is 2.14. The normalized spacial score (nSPS) is 27.4. The van der Waals surface area contributed by atoms with E-state index in [-0.39, 0.29) is 12.1 Å². The zero-order valence-corrected chi connectivity index (χ0v) is 18.2. The summed E-state index contributed by atoms with van der Waals surface area (Å²) in [5, 5.41) is 20.3. The topological polar surface area (TPSA) is 264 Å². The van der Waals surface area contributed by atoms with Crippen LogP contribution in [0.3, 0.4) is 0 Å². The van der Waals surface area contributed by atoms with Crippen LogP contribution in [0.5, 0.6) is 0 Å². The van der Waals surface area contributed by atoms with Gasteiger partial charge in [0.25, 0.3) is 5.56 Å². The van der Waals surface area contributed by atoms with E-state index in [1.54, 1.807) is 0 Å². The van der Waals surface area contributed by atoms with E-state index in [1.165, 1.54) is 0 Å². The highest BCUT2D eigenvalue weighted by Crippen LogP contribution is 2.66. The third kappa shape index (κ3) is 7.01. The molecular weight excluding hydrogens is 505 g/mol. The predicted molar refractivity (Wildman–Crippen MR) is 99.6 cm³/mol. The van der Waals surface area contributed by atoms with Crippen LogP contribution < -0.4 is 11.2 Å². The summed E-state index contributed by atoms with van der Waals surface area (Å²) < 4.78 is 51.2. The van der Waals surface area contributed by atoms with Crippen LogP contribution in [0.15, 0.2) is 15.8 Å². The minimum atomic E-state index is -5.76. The number of rotatable bonds is 9. The second kappa shape index (κ2) is 9.80. The molecule has 0 aliphatic carbocycles. The van der Waals surface area contributed by atoms with E-state index in [9.17, 15) is 38.4 Å². The minimum absolute atomic E-state index is 0.247. The van der Waals surface area contributed by atoms with Crippen molar-refractivity contribution in [3.05, 3.63) is 32.6 Å². The number of H-pyrrole nitrogens is 1. The molecule has 17 nitrogen and oxygen atoms in total. The van der Waals surface area contributed by atoms with Gasteiger partial charge in [0.15, 0.2) is 0 Å². The number of terminal acetylenes is 1. The number of nitrogens with zero attached hydrogens (tertiary/aromatic N) is 1. The van der Waals surface area contributed by atoms with Crippen molar-refractivity contribution in [1.29, 1.82) is 0 Å². The lowest BCUT2D eigenvalue weighted by atomic mass is 10.0. The van der Waals surface area contributed by atoms with E-state index in [2.05, 4.69) is 19.1 Å². The van der Waals surface area contributed by atoms with E-state index in [1.807, 2.05) is 4.98 Å². The lowest BCUT2D eigenvalue weighted by Crippen LogP contribution is -2.36. The van der Waals surface area contributed by atoms with E-state index in [0.29, 0.717) is 0 Å². The second-order valence-corrected chi connectivity index (χ2v) is 10.6. The maximum atomic E-state index is 12.1. The molecule has 180 valence electrons. The molecule has 0 aromatic carbocycles. The zero-order chi connectivity index (χ0) is 24.5. The quantitative estimate of drug-likeness (QED) is 0.132. The Morgan fingerprint density at radius 3 is 2.28 bits per heavy atom. The first-order valence-electron chi connectivity index (χ1n) is 8.12. The first-order valence-corrected chi connectivity index (χ1v) is 12.6. The van der Waals surface area contributed by atoms with Crippen LogP contribution in [0, 0.1) is 12.3 Å². The average Bonchev–Trinajstić information content (AvgIpc) is 2.87. The summed E-state index contributed by atoms with van der Waals surface area (Å²) in [7, 11) is -16.9. The predicted octanol–water partition coefficient (Wildman–Crippen LogP) is -2.33. The molecule has 7 N–H and O–H groups in total. The SMILES string of the molecule is C#CCn1cc([C@@H]2O[C@H](COP(=O)(O)OP(=O)(O)OP(=O)(O)O)[C@@H](O)[C@H]2O)c(=O)[nH]c1=O. The first kappa shape index (κ1) is 26.8. The van der Waals surface area contributed by atoms with E-state index < -0.39 is 65.7 Å². The fourth-order valence-corrected chi connectivity index (χ4v) is 5.59. The molecule has 2 heterocycles. The summed E-state index contributed by atoms with van der Waals surface area (Å²) in [6.45, 7) is -1.32. The summed E-state index contributed by atoms with van der Waals surface area (Å²) in [4.78, 5) is 61.2. The molecule has 1 aliphatic heterocycles. The largest absolute Gasteiger partial charge is 0.490 e. The van der Waals surface area contributed by atoms with E-state index in [4.69, 9.17) is 25.8 Å². The van der Waals surface area contributed by atoms with Gasteiger partial charge in [-0.15, -0.1) is 6.42 Å². The average molecular weight is 522 g/mol.